The highest BCUT2D eigenvalue weighted by Crippen LogP contribution is 2.44. The topological polar surface area (TPSA) is 18.5 Å². The molecule has 0 radical (unpaired) electrons. The van der Waals surface area contributed by atoms with Crippen molar-refractivity contribution < 1.29 is 13.2 Å². The van der Waals surface area contributed by atoms with E-state index in [1.165, 1.54) is 88.2 Å². The van der Waals surface area contributed by atoms with E-state index < -0.39 is 8.69 Å². The Morgan fingerprint density at radius 1 is 0.556 bits per heavy atom. The number of benzene rings is 2. The van der Waals surface area contributed by atoms with E-state index >= 15 is 4.20 Å². The molecule has 2 aromatic carbocycles. The molecule has 2 aromatic rings. The molecule has 0 bridgehead atoms. The summed E-state index contributed by atoms with van der Waals surface area (Å²) in [6, 6.07) is 12.0. The fourth-order valence-electron chi connectivity index (χ4n) is 4.70. The van der Waals surface area contributed by atoms with Gasteiger partial charge in [0.2, 0.25) is 0 Å². The summed E-state index contributed by atoms with van der Waals surface area (Å²) in [5.74, 6) is 1.25. The standard InChI is InChI=1S/C32H50FO2P/c1-5-7-9-11-13-15-17-19-29-25-27(3)21-23-31(29)34-36(33)35-32-24-22-28(4)26-30(32)20-18-16-14-12-10-8-6-2/h21-26H,5-20H2,1-4H3. The summed E-state index contributed by atoms with van der Waals surface area (Å²) in [5, 5.41) is 0. The number of hydrogen-bond acceptors (Lipinski definition) is 2. The van der Waals surface area contributed by atoms with Crippen LogP contribution in [0.25, 0.3) is 0 Å². The molecular formula is C32H50FO2P. The van der Waals surface area contributed by atoms with Crippen LogP contribution in [-0.4, -0.2) is 0 Å². The summed E-state index contributed by atoms with van der Waals surface area (Å²) in [6.45, 7) is 8.65. The Hall–Kier alpha value is -1.60. The Morgan fingerprint density at radius 2 is 0.917 bits per heavy atom. The fraction of sp³-hybridized carbons (Fsp3) is 0.625. The van der Waals surface area contributed by atoms with Crippen molar-refractivity contribution in [3.8, 4) is 11.5 Å². The first kappa shape index (κ1) is 30.6. The Balaban J connectivity index is 1.88. The van der Waals surface area contributed by atoms with Crippen LogP contribution in [0.15, 0.2) is 36.4 Å². The van der Waals surface area contributed by atoms with Crippen LogP contribution in [0, 0.1) is 13.8 Å². The van der Waals surface area contributed by atoms with Crippen LogP contribution in [0.4, 0.5) is 4.20 Å². The number of rotatable bonds is 20. The number of halogens is 1. The molecule has 0 amide bonds. The van der Waals surface area contributed by atoms with Crippen molar-refractivity contribution in [2.45, 2.75) is 130 Å². The molecule has 0 aliphatic carbocycles. The van der Waals surface area contributed by atoms with Gasteiger partial charge in [0.15, 0.2) is 0 Å². The summed E-state index contributed by atoms with van der Waals surface area (Å²) < 4.78 is 26.6. The molecule has 202 valence electrons. The molecule has 0 fully saturated rings. The average molecular weight is 517 g/mol. The zero-order chi connectivity index (χ0) is 26.0. The van der Waals surface area contributed by atoms with Crippen LogP contribution in [0.5, 0.6) is 11.5 Å². The third kappa shape index (κ3) is 12.6. The molecule has 0 atom stereocenters. The van der Waals surface area contributed by atoms with E-state index in [4.69, 9.17) is 9.05 Å². The van der Waals surface area contributed by atoms with Gasteiger partial charge in [-0.05, 0) is 62.8 Å². The van der Waals surface area contributed by atoms with Crippen molar-refractivity contribution in [2.75, 3.05) is 0 Å². The molecule has 4 heteroatoms. The molecule has 0 unspecified atom stereocenters. The first-order chi connectivity index (χ1) is 17.5. The van der Waals surface area contributed by atoms with Gasteiger partial charge >= 0.3 is 8.69 Å². The van der Waals surface area contributed by atoms with Crippen LogP contribution in [0.1, 0.15) is 126 Å². The van der Waals surface area contributed by atoms with E-state index in [-0.39, 0.29) is 0 Å². The van der Waals surface area contributed by atoms with E-state index in [9.17, 15) is 0 Å². The summed E-state index contributed by atoms with van der Waals surface area (Å²) in [6.07, 6.45) is 19.5. The SMILES string of the molecule is CCCCCCCCCc1cc(C)ccc1OP(F)Oc1ccc(C)cc1CCCCCCCCC. The maximum Gasteiger partial charge on any atom is 0.505 e. The zero-order valence-corrected chi connectivity index (χ0v) is 24.3. The van der Waals surface area contributed by atoms with E-state index in [1.807, 2.05) is 24.3 Å². The highest BCUT2D eigenvalue weighted by molar-refractivity contribution is 7.42. The third-order valence-electron chi connectivity index (χ3n) is 6.87. The lowest BCUT2D eigenvalue weighted by atomic mass is 10.0. The van der Waals surface area contributed by atoms with Gasteiger partial charge in [0.25, 0.3) is 0 Å². The monoisotopic (exact) mass is 516 g/mol. The first-order valence-corrected chi connectivity index (χ1v) is 15.6. The second-order valence-electron chi connectivity index (χ2n) is 10.4. The van der Waals surface area contributed by atoms with Crippen molar-refractivity contribution in [1.82, 2.24) is 0 Å². The smallest absolute Gasteiger partial charge is 0.414 e. The molecule has 2 rings (SSSR count). The van der Waals surface area contributed by atoms with Crippen LogP contribution in [0.2, 0.25) is 0 Å². The van der Waals surface area contributed by atoms with Gasteiger partial charge in [-0.1, -0.05) is 126 Å². The minimum absolute atomic E-state index is 0.626. The van der Waals surface area contributed by atoms with Crippen molar-refractivity contribution >= 4 is 8.69 Å². The minimum atomic E-state index is -2.54. The molecule has 0 saturated heterocycles. The molecule has 2 nitrogen and oxygen atoms in total. The predicted octanol–water partition coefficient (Wildman–Crippen LogP) is 11.5. The molecule has 0 N–H and O–H groups in total. The quantitative estimate of drug-likeness (QED) is 0.129. The highest BCUT2D eigenvalue weighted by atomic mass is 31.2. The first-order valence-electron chi connectivity index (χ1n) is 14.5. The number of unbranched alkanes of at least 4 members (excludes halogenated alkanes) is 12. The molecule has 0 heterocycles. The van der Waals surface area contributed by atoms with Crippen molar-refractivity contribution in [2.24, 2.45) is 0 Å². The van der Waals surface area contributed by atoms with E-state index in [0.29, 0.717) is 11.5 Å². The molecule has 0 aliphatic heterocycles. The fourth-order valence-corrected chi connectivity index (χ4v) is 5.41. The molecular weight excluding hydrogens is 466 g/mol. The van der Waals surface area contributed by atoms with E-state index in [0.717, 1.165) is 36.8 Å². The van der Waals surface area contributed by atoms with Crippen LogP contribution in [-0.2, 0) is 12.8 Å². The summed E-state index contributed by atoms with van der Waals surface area (Å²) in [7, 11) is -2.54. The molecule has 0 aliphatic rings. The zero-order valence-electron chi connectivity index (χ0n) is 23.4. The average Bonchev–Trinajstić information content (AvgIpc) is 2.86. The van der Waals surface area contributed by atoms with Crippen molar-refractivity contribution in [1.29, 1.82) is 0 Å². The maximum absolute atomic E-state index is 15.1. The second kappa shape index (κ2) is 18.6. The second-order valence-corrected chi connectivity index (χ2v) is 11.2. The summed E-state index contributed by atoms with van der Waals surface area (Å²) >= 11 is 0. The van der Waals surface area contributed by atoms with Gasteiger partial charge in [0.1, 0.15) is 11.5 Å². The predicted molar refractivity (Wildman–Crippen MR) is 155 cm³/mol. The lowest BCUT2D eigenvalue weighted by Crippen LogP contribution is -1.99. The molecule has 36 heavy (non-hydrogen) atoms. The maximum atomic E-state index is 15.1. The van der Waals surface area contributed by atoms with Crippen LogP contribution >= 0.6 is 8.69 Å². The lowest BCUT2D eigenvalue weighted by Gasteiger charge is -2.16. The molecule has 0 spiro atoms. The van der Waals surface area contributed by atoms with Crippen LogP contribution < -0.4 is 9.05 Å². The van der Waals surface area contributed by atoms with E-state index in [2.05, 4.69) is 39.8 Å². The van der Waals surface area contributed by atoms with Crippen molar-refractivity contribution in [3.63, 3.8) is 0 Å². The molecule has 0 aromatic heterocycles. The van der Waals surface area contributed by atoms with Gasteiger partial charge < -0.3 is 9.05 Å². The van der Waals surface area contributed by atoms with Crippen molar-refractivity contribution in [3.05, 3.63) is 58.7 Å². The summed E-state index contributed by atoms with van der Waals surface area (Å²) in [5.41, 5.74) is 4.54. The number of aryl methyl sites for hydroxylation is 4. The van der Waals surface area contributed by atoms with Gasteiger partial charge in [-0.2, -0.15) is 0 Å². The van der Waals surface area contributed by atoms with Gasteiger partial charge in [-0.25, -0.2) is 0 Å². The van der Waals surface area contributed by atoms with Gasteiger partial charge in [0.05, 0.1) is 0 Å². The minimum Gasteiger partial charge on any atom is -0.414 e. The Bertz CT molecular complexity index is 785. The number of hydrogen-bond donors (Lipinski definition) is 0. The highest BCUT2D eigenvalue weighted by Gasteiger charge is 2.19. The third-order valence-corrected chi connectivity index (χ3v) is 7.55. The van der Waals surface area contributed by atoms with Gasteiger partial charge in [0, 0.05) is 0 Å². The summed E-state index contributed by atoms with van der Waals surface area (Å²) in [4.78, 5) is 0. The Labute approximate surface area is 222 Å². The van der Waals surface area contributed by atoms with Crippen LogP contribution in [0.3, 0.4) is 0 Å². The Morgan fingerprint density at radius 3 is 1.31 bits per heavy atom. The lowest BCUT2D eigenvalue weighted by molar-refractivity contribution is 0.432. The van der Waals surface area contributed by atoms with Gasteiger partial charge in [-0.15, -0.1) is 4.20 Å². The normalized spacial score (nSPS) is 11.3. The molecule has 0 saturated carbocycles. The van der Waals surface area contributed by atoms with E-state index in [1.54, 1.807) is 0 Å². The van der Waals surface area contributed by atoms with Gasteiger partial charge in [-0.3, -0.25) is 0 Å². The largest absolute Gasteiger partial charge is 0.505 e. The Kier molecular flexibility index (Phi) is 15.8.